The highest BCUT2D eigenvalue weighted by Gasteiger charge is 2.24. The first-order chi connectivity index (χ1) is 7.39. The van der Waals surface area contributed by atoms with Crippen molar-refractivity contribution in [3.05, 3.63) is 0 Å². The second-order valence-corrected chi connectivity index (χ2v) is 5.16. The Balaban J connectivity index is 3.75. The summed E-state index contributed by atoms with van der Waals surface area (Å²) in [5, 5.41) is 9.06. The van der Waals surface area contributed by atoms with E-state index >= 15 is 0 Å². The molecule has 0 aromatic carbocycles. The molecule has 0 bridgehead atoms. The molecule has 4 heteroatoms. The number of nitrogens with zero attached hydrogens (tertiary/aromatic N) is 1. The van der Waals surface area contributed by atoms with Crippen LogP contribution in [0.5, 0.6) is 0 Å². The quantitative estimate of drug-likeness (QED) is 0.661. The van der Waals surface area contributed by atoms with Crippen molar-refractivity contribution in [3.63, 3.8) is 0 Å². The maximum Gasteiger partial charge on any atom is 0.407 e. The van der Waals surface area contributed by atoms with Gasteiger partial charge >= 0.3 is 6.09 Å². The van der Waals surface area contributed by atoms with Crippen molar-refractivity contribution in [2.45, 2.75) is 58.4 Å². The van der Waals surface area contributed by atoms with Crippen molar-refractivity contribution in [1.29, 1.82) is 0 Å². The van der Waals surface area contributed by atoms with Gasteiger partial charge in [-0.05, 0) is 40.2 Å². The molecule has 96 valence electrons. The summed E-state index contributed by atoms with van der Waals surface area (Å²) in [5.74, 6) is 0. The highest BCUT2D eigenvalue weighted by atomic mass is 16.4. The van der Waals surface area contributed by atoms with E-state index < -0.39 is 6.09 Å². The summed E-state index contributed by atoms with van der Waals surface area (Å²) in [4.78, 5) is 12.5. The van der Waals surface area contributed by atoms with Gasteiger partial charge in [-0.25, -0.2) is 4.79 Å². The van der Waals surface area contributed by atoms with Gasteiger partial charge in [0, 0.05) is 12.1 Å². The number of amides is 1. The van der Waals surface area contributed by atoms with Crippen molar-refractivity contribution in [1.82, 2.24) is 4.90 Å². The van der Waals surface area contributed by atoms with E-state index in [0.29, 0.717) is 6.54 Å². The van der Waals surface area contributed by atoms with Gasteiger partial charge < -0.3 is 15.7 Å². The lowest BCUT2D eigenvalue weighted by molar-refractivity contribution is 0.0990. The zero-order chi connectivity index (χ0) is 12.6. The molecule has 0 aliphatic carbocycles. The lowest BCUT2D eigenvalue weighted by Gasteiger charge is -2.33. The van der Waals surface area contributed by atoms with Gasteiger partial charge in [0.15, 0.2) is 0 Å². The number of rotatable bonds is 7. The van der Waals surface area contributed by atoms with Gasteiger partial charge in [-0.15, -0.1) is 0 Å². The van der Waals surface area contributed by atoms with E-state index in [0.717, 1.165) is 38.6 Å². The lowest BCUT2D eigenvalue weighted by Crippen LogP contribution is -2.45. The molecule has 0 saturated heterocycles. The van der Waals surface area contributed by atoms with Crippen LogP contribution >= 0.6 is 0 Å². The number of hydrogen-bond acceptors (Lipinski definition) is 2. The van der Waals surface area contributed by atoms with Crippen LogP contribution in [-0.2, 0) is 0 Å². The van der Waals surface area contributed by atoms with Crippen LogP contribution in [0.1, 0.15) is 52.9 Å². The monoisotopic (exact) mass is 230 g/mol. The fourth-order valence-corrected chi connectivity index (χ4v) is 1.66. The third-order valence-electron chi connectivity index (χ3n) is 2.63. The topological polar surface area (TPSA) is 66.6 Å². The fourth-order valence-electron chi connectivity index (χ4n) is 1.66. The minimum absolute atomic E-state index is 0.302. The Labute approximate surface area is 98.8 Å². The summed E-state index contributed by atoms with van der Waals surface area (Å²) >= 11 is 0. The maximum atomic E-state index is 11.0. The molecule has 0 aromatic rings. The standard InChI is InChI=1S/C12H26N2O2/c1-12(2,3)14(11(15)16)10-8-6-4-5-7-9-13/h4-10,13H2,1-3H3,(H,15,16). The van der Waals surface area contributed by atoms with Gasteiger partial charge in [-0.2, -0.15) is 0 Å². The van der Waals surface area contributed by atoms with Gasteiger partial charge in [0.2, 0.25) is 0 Å². The van der Waals surface area contributed by atoms with Crippen molar-refractivity contribution in [3.8, 4) is 0 Å². The third kappa shape index (κ3) is 6.67. The van der Waals surface area contributed by atoms with E-state index in [4.69, 9.17) is 10.8 Å². The summed E-state index contributed by atoms with van der Waals surface area (Å²) in [6, 6.07) is 0. The first-order valence-corrected chi connectivity index (χ1v) is 6.10. The predicted octanol–water partition coefficient (Wildman–Crippen LogP) is 2.67. The molecule has 4 nitrogen and oxygen atoms in total. The van der Waals surface area contributed by atoms with Crippen molar-refractivity contribution >= 4 is 6.09 Å². The molecular weight excluding hydrogens is 204 g/mol. The highest BCUT2D eigenvalue weighted by molar-refractivity contribution is 5.65. The van der Waals surface area contributed by atoms with Gasteiger partial charge in [0.05, 0.1) is 0 Å². The molecule has 3 N–H and O–H groups in total. The Morgan fingerprint density at radius 1 is 1.12 bits per heavy atom. The molecule has 0 fully saturated rings. The summed E-state index contributed by atoms with van der Waals surface area (Å²) < 4.78 is 0. The molecule has 0 saturated carbocycles. The molecule has 0 heterocycles. The van der Waals surface area contributed by atoms with Crippen molar-refractivity contribution in [2.75, 3.05) is 13.1 Å². The summed E-state index contributed by atoms with van der Waals surface area (Å²) in [7, 11) is 0. The minimum atomic E-state index is -0.825. The maximum absolute atomic E-state index is 11.0. The zero-order valence-electron chi connectivity index (χ0n) is 10.8. The number of hydrogen-bond donors (Lipinski definition) is 2. The van der Waals surface area contributed by atoms with E-state index in [9.17, 15) is 4.79 Å². The average Bonchev–Trinajstić information content (AvgIpc) is 2.13. The van der Waals surface area contributed by atoms with Crippen molar-refractivity contribution in [2.24, 2.45) is 5.73 Å². The number of unbranched alkanes of at least 4 members (excludes halogenated alkanes) is 4. The van der Waals surface area contributed by atoms with E-state index in [1.165, 1.54) is 4.90 Å². The number of carboxylic acid groups (broad SMARTS) is 1. The molecule has 0 aromatic heterocycles. The Bertz CT molecular complexity index is 200. The van der Waals surface area contributed by atoms with Gasteiger partial charge in [-0.1, -0.05) is 19.3 Å². The molecule has 0 rings (SSSR count). The van der Waals surface area contributed by atoms with Crippen LogP contribution in [0.25, 0.3) is 0 Å². The summed E-state index contributed by atoms with van der Waals surface area (Å²) in [6.07, 6.45) is 4.57. The smallest absolute Gasteiger partial charge is 0.407 e. The molecule has 0 spiro atoms. The Morgan fingerprint density at radius 2 is 1.62 bits per heavy atom. The molecule has 0 atom stereocenters. The lowest BCUT2D eigenvalue weighted by atomic mass is 10.1. The molecule has 1 amide bonds. The largest absolute Gasteiger partial charge is 0.465 e. The second-order valence-electron chi connectivity index (χ2n) is 5.16. The van der Waals surface area contributed by atoms with Crippen LogP contribution in [0.15, 0.2) is 0 Å². The minimum Gasteiger partial charge on any atom is -0.465 e. The predicted molar refractivity (Wildman–Crippen MR) is 66.6 cm³/mol. The number of nitrogens with two attached hydrogens (primary N) is 1. The second kappa shape index (κ2) is 7.49. The van der Waals surface area contributed by atoms with Crippen LogP contribution in [0.4, 0.5) is 4.79 Å². The van der Waals surface area contributed by atoms with Crippen LogP contribution < -0.4 is 5.73 Å². The van der Waals surface area contributed by atoms with Crippen LogP contribution in [0, 0.1) is 0 Å². The summed E-state index contributed by atoms with van der Waals surface area (Å²) in [6.45, 7) is 7.16. The molecule has 0 unspecified atom stereocenters. The van der Waals surface area contributed by atoms with Gasteiger partial charge in [0.25, 0.3) is 0 Å². The fraction of sp³-hybridized carbons (Fsp3) is 0.917. The Morgan fingerprint density at radius 3 is 2.06 bits per heavy atom. The molecular formula is C12H26N2O2. The molecule has 0 aliphatic heterocycles. The van der Waals surface area contributed by atoms with Gasteiger partial charge in [-0.3, -0.25) is 0 Å². The van der Waals surface area contributed by atoms with E-state index in [1.54, 1.807) is 0 Å². The normalized spacial score (nSPS) is 11.5. The first kappa shape index (κ1) is 15.2. The van der Waals surface area contributed by atoms with E-state index in [2.05, 4.69) is 0 Å². The van der Waals surface area contributed by atoms with Crippen molar-refractivity contribution < 1.29 is 9.90 Å². The Hall–Kier alpha value is -0.770. The van der Waals surface area contributed by atoms with E-state index in [1.807, 2.05) is 20.8 Å². The van der Waals surface area contributed by atoms with Crippen LogP contribution in [-0.4, -0.2) is 34.7 Å². The Kier molecular flexibility index (Phi) is 7.13. The average molecular weight is 230 g/mol. The van der Waals surface area contributed by atoms with Crippen LogP contribution in [0.3, 0.4) is 0 Å². The first-order valence-electron chi connectivity index (χ1n) is 6.10. The van der Waals surface area contributed by atoms with E-state index in [-0.39, 0.29) is 5.54 Å². The summed E-state index contributed by atoms with van der Waals surface area (Å²) in [5.41, 5.74) is 5.10. The highest BCUT2D eigenvalue weighted by Crippen LogP contribution is 2.15. The molecule has 16 heavy (non-hydrogen) atoms. The zero-order valence-corrected chi connectivity index (χ0v) is 10.8. The van der Waals surface area contributed by atoms with Crippen LogP contribution in [0.2, 0.25) is 0 Å². The SMILES string of the molecule is CC(C)(C)N(CCCCCCCN)C(=O)O. The molecule has 0 radical (unpaired) electrons. The number of carbonyl (C=O) groups is 1. The molecule has 0 aliphatic rings. The van der Waals surface area contributed by atoms with Gasteiger partial charge in [0.1, 0.15) is 0 Å². The third-order valence-corrected chi connectivity index (χ3v) is 2.63.